The van der Waals surface area contributed by atoms with Crippen LogP contribution in [0.5, 0.6) is 0 Å². The third kappa shape index (κ3) is 3.89. The number of nitrogens with one attached hydrogen (secondary N) is 2. The topological polar surface area (TPSA) is 84.0 Å². The highest BCUT2D eigenvalue weighted by molar-refractivity contribution is 7.92. The first-order valence-corrected chi connectivity index (χ1v) is 11.1. The number of aromatic nitrogens is 2. The van der Waals surface area contributed by atoms with E-state index in [1.807, 2.05) is 18.2 Å². The van der Waals surface area contributed by atoms with Gasteiger partial charge in [0.1, 0.15) is 10.7 Å². The Morgan fingerprint density at radius 1 is 1.10 bits per heavy atom. The maximum Gasteiger partial charge on any atom is 0.264 e. The lowest BCUT2D eigenvalue weighted by atomic mass is 10.1. The van der Waals surface area contributed by atoms with E-state index in [9.17, 15) is 12.8 Å². The molecule has 6 nitrogen and oxygen atoms in total. The molecule has 0 aliphatic carbocycles. The van der Waals surface area contributed by atoms with Crippen LogP contribution in [0, 0.1) is 5.82 Å². The summed E-state index contributed by atoms with van der Waals surface area (Å²) in [5.41, 5.74) is 2.39. The first-order valence-electron chi connectivity index (χ1n) is 8.39. The molecule has 4 rings (SSSR count). The van der Waals surface area contributed by atoms with Crippen molar-refractivity contribution in [2.75, 3.05) is 17.1 Å². The van der Waals surface area contributed by atoms with Crippen LogP contribution in [0.2, 0.25) is 5.15 Å². The number of benzene rings is 2. The van der Waals surface area contributed by atoms with E-state index in [2.05, 4.69) is 20.0 Å². The Kier molecular flexibility index (Phi) is 5.12. The van der Waals surface area contributed by atoms with Crippen molar-refractivity contribution < 1.29 is 12.8 Å². The Morgan fingerprint density at radius 3 is 2.66 bits per heavy atom. The van der Waals surface area contributed by atoms with E-state index < -0.39 is 20.7 Å². The van der Waals surface area contributed by atoms with Gasteiger partial charge in [0, 0.05) is 18.8 Å². The zero-order valence-corrected chi connectivity index (χ0v) is 17.4. The van der Waals surface area contributed by atoms with Crippen LogP contribution in [0.15, 0.2) is 59.6 Å². The van der Waals surface area contributed by atoms with Crippen LogP contribution in [0.1, 0.15) is 0 Å². The van der Waals surface area contributed by atoms with Crippen molar-refractivity contribution >= 4 is 54.0 Å². The molecule has 29 heavy (non-hydrogen) atoms. The summed E-state index contributed by atoms with van der Waals surface area (Å²) in [5, 5.41) is 3.77. The lowest BCUT2D eigenvalue weighted by Crippen LogP contribution is -2.15. The molecule has 2 aromatic heterocycles. The number of thiazole rings is 1. The number of hydrogen-bond acceptors (Lipinski definition) is 6. The summed E-state index contributed by atoms with van der Waals surface area (Å²) < 4.78 is 42.4. The fourth-order valence-electron chi connectivity index (χ4n) is 2.75. The molecule has 0 atom stereocenters. The van der Waals surface area contributed by atoms with E-state index in [0.717, 1.165) is 27.0 Å². The summed E-state index contributed by atoms with van der Waals surface area (Å²) in [4.78, 5) is 8.04. The molecule has 0 aliphatic heterocycles. The van der Waals surface area contributed by atoms with Gasteiger partial charge in [0.2, 0.25) is 0 Å². The van der Waals surface area contributed by atoms with Crippen molar-refractivity contribution in [3.05, 3.63) is 65.7 Å². The Hall–Kier alpha value is -2.75. The molecule has 2 aromatic carbocycles. The Balaban J connectivity index is 1.72. The Bertz CT molecular complexity index is 1330. The summed E-state index contributed by atoms with van der Waals surface area (Å²) in [6.45, 7) is 0. The van der Waals surface area contributed by atoms with Gasteiger partial charge in [-0.15, -0.1) is 0 Å². The highest BCUT2D eigenvalue weighted by atomic mass is 35.5. The lowest BCUT2D eigenvalue weighted by molar-refractivity contribution is 0.570. The van der Waals surface area contributed by atoms with Gasteiger partial charge in [0.15, 0.2) is 10.3 Å². The van der Waals surface area contributed by atoms with Crippen molar-refractivity contribution in [2.24, 2.45) is 0 Å². The van der Waals surface area contributed by atoms with Gasteiger partial charge < -0.3 is 5.32 Å². The fraction of sp³-hybridized carbons (Fsp3) is 0.0526. The van der Waals surface area contributed by atoms with Crippen molar-refractivity contribution in [3.63, 3.8) is 0 Å². The maximum absolute atomic E-state index is 13.9. The highest BCUT2D eigenvalue weighted by Crippen LogP contribution is 2.33. The number of halogens is 2. The third-order valence-corrected chi connectivity index (χ3v) is 6.88. The molecule has 0 saturated carbocycles. The second-order valence-corrected chi connectivity index (χ2v) is 9.09. The molecule has 0 fully saturated rings. The molecule has 0 spiro atoms. The van der Waals surface area contributed by atoms with Crippen molar-refractivity contribution in [2.45, 2.75) is 4.90 Å². The number of sulfonamides is 1. The molecule has 0 radical (unpaired) electrons. The molecule has 10 heteroatoms. The first kappa shape index (κ1) is 19.6. The van der Waals surface area contributed by atoms with Crippen molar-refractivity contribution in [1.29, 1.82) is 0 Å². The summed E-state index contributed by atoms with van der Waals surface area (Å²) in [5.74, 6) is -0.851. The van der Waals surface area contributed by atoms with Gasteiger partial charge >= 0.3 is 0 Å². The van der Waals surface area contributed by atoms with Crippen LogP contribution in [0.4, 0.5) is 15.2 Å². The molecule has 0 unspecified atom stereocenters. The van der Waals surface area contributed by atoms with Crippen LogP contribution in [-0.4, -0.2) is 25.4 Å². The minimum absolute atomic E-state index is 0.0370. The van der Waals surface area contributed by atoms with E-state index >= 15 is 0 Å². The van der Waals surface area contributed by atoms with Gasteiger partial charge in [-0.1, -0.05) is 41.1 Å². The second kappa shape index (κ2) is 7.58. The maximum atomic E-state index is 13.9. The standard InChI is InChI=1S/C19H14ClFN4O2S2/c1-22-19-24-14-7-6-11(9-16(14)28-19)12-8-15(18(20)23-10-12)25-29(26,27)17-5-3-2-4-13(17)21/h2-10,25H,1H3,(H,22,24). The SMILES string of the molecule is CNc1nc2ccc(-c3cnc(Cl)c(NS(=O)(=O)c4ccccc4F)c3)cc2s1. The molecule has 2 N–H and O–H groups in total. The number of rotatable bonds is 5. The predicted octanol–water partition coefficient (Wildman–Crippen LogP) is 4.99. The van der Waals surface area contributed by atoms with Gasteiger partial charge in [0.25, 0.3) is 10.0 Å². The van der Waals surface area contributed by atoms with Crippen molar-refractivity contribution in [1.82, 2.24) is 9.97 Å². The Labute approximate surface area is 175 Å². The largest absolute Gasteiger partial charge is 0.365 e. The van der Waals surface area contributed by atoms with Crippen LogP contribution in [0.25, 0.3) is 21.3 Å². The second-order valence-electron chi connectivity index (χ2n) is 6.05. The van der Waals surface area contributed by atoms with Gasteiger partial charge in [-0.2, -0.15) is 0 Å². The van der Waals surface area contributed by atoms with E-state index in [1.54, 1.807) is 19.3 Å². The first-order chi connectivity index (χ1) is 13.9. The molecule has 0 amide bonds. The van der Waals surface area contributed by atoms with Crippen LogP contribution in [0.3, 0.4) is 0 Å². The number of anilines is 2. The zero-order valence-electron chi connectivity index (χ0n) is 15.0. The minimum Gasteiger partial charge on any atom is -0.365 e. The lowest BCUT2D eigenvalue weighted by Gasteiger charge is -2.11. The van der Waals surface area contributed by atoms with E-state index in [-0.39, 0.29) is 10.8 Å². The zero-order chi connectivity index (χ0) is 20.6. The van der Waals surface area contributed by atoms with E-state index in [1.165, 1.54) is 29.5 Å². The minimum atomic E-state index is -4.17. The summed E-state index contributed by atoms with van der Waals surface area (Å²) in [6, 6.07) is 12.4. The molecule has 148 valence electrons. The number of fused-ring (bicyclic) bond motifs is 1. The normalized spacial score (nSPS) is 11.6. The third-order valence-electron chi connectivity index (χ3n) is 4.15. The number of pyridine rings is 1. The fourth-order valence-corrected chi connectivity index (χ4v) is 4.95. The smallest absolute Gasteiger partial charge is 0.264 e. The molecule has 4 aromatic rings. The Morgan fingerprint density at radius 2 is 1.90 bits per heavy atom. The molecular weight excluding hydrogens is 435 g/mol. The predicted molar refractivity (Wildman–Crippen MR) is 115 cm³/mol. The van der Waals surface area contributed by atoms with Gasteiger partial charge in [0.05, 0.1) is 15.9 Å². The molecule has 0 bridgehead atoms. The monoisotopic (exact) mass is 448 g/mol. The van der Waals surface area contributed by atoms with Crippen LogP contribution in [-0.2, 0) is 10.0 Å². The number of nitrogens with zero attached hydrogens (tertiary/aromatic N) is 2. The average molecular weight is 449 g/mol. The quantitative estimate of drug-likeness (QED) is 0.420. The molecular formula is C19H14ClFN4O2S2. The van der Waals surface area contributed by atoms with Crippen LogP contribution < -0.4 is 10.0 Å². The van der Waals surface area contributed by atoms with Crippen LogP contribution >= 0.6 is 22.9 Å². The summed E-state index contributed by atoms with van der Waals surface area (Å²) in [6.07, 6.45) is 1.55. The van der Waals surface area contributed by atoms with Gasteiger partial charge in [-0.3, -0.25) is 4.72 Å². The number of hydrogen-bond donors (Lipinski definition) is 2. The molecule has 0 aliphatic rings. The van der Waals surface area contributed by atoms with Gasteiger partial charge in [-0.25, -0.2) is 22.8 Å². The summed E-state index contributed by atoms with van der Waals surface area (Å²) >= 11 is 7.59. The van der Waals surface area contributed by atoms with E-state index in [0.29, 0.717) is 5.56 Å². The highest BCUT2D eigenvalue weighted by Gasteiger charge is 2.20. The molecule has 0 saturated heterocycles. The van der Waals surface area contributed by atoms with Gasteiger partial charge in [-0.05, 0) is 35.9 Å². The average Bonchev–Trinajstić information content (AvgIpc) is 3.12. The summed E-state index contributed by atoms with van der Waals surface area (Å²) in [7, 11) is -2.36. The molecule has 2 heterocycles. The van der Waals surface area contributed by atoms with E-state index in [4.69, 9.17) is 11.6 Å². The van der Waals surface area contributed by atoms with Crippen molar-refractivity contribution in [3.8, 4) is 11.1 Å².